The Morgan fingerprint density at radius 3 is 2.00 bits per heavy atom. The Morgan fingerprint density at radius 2 is 1.58 bits per heavy atom. The van der Waals surface area contributed by atoms with E-state index in [9.17, 15) is 10.2 Å². The zero-order valence-corrected chi connectivity index (χ0v) is 15.4. The van der Waals surface area contributed by atoms with Gasteiger partial charge >= 0.3 is 0 Å². The monoisotopic (exact) mass is 333 g/mol. The van der Waals surface area contributed by atoms with Crippen LogP contribution in [0.2, 0.25) is 0 Å². The quantitative estimate of drug-likeness (QED) is 0.646. The molecule has 0 radical (unpaired) electrons. The normalized spacial score (nSPS) is 12.0. The maximum Gasteiger partial charge on any atom is 0.187 e. The molecular weight excluding hydrogens is 302 g/mol. The summed E-state index contributed by atoms with van der Waals surface area (Å²) in [6.45, 7) is 8.78. The molecule has 0 spiro atoms. The van der Waals surface area contributed by atoms with Crippen molar-refractivity contribution in [3.63, 3.8) is 0 Å². The van der Waals surface area contributed by atoms with Gasteiger partial charge in [0.25, 0.3) is 0 Å². The smallest absolute Gasteiger partial charge is 0.187 e. The van der Waals surface area contributed by atoms with Crippen LogP contribution >= 0.6 is 0 Å². The molecule has 0 bridgehead atoms. The van der Waals surface area contributed by atoms with Gasteiger partial charge in [0.05, 0.1) is 18.8 Å². The molecule has 1 rings (SSSR count). The zero-order valence-electron chi connectivity index (χ0n) is 15.4. The molecule has 0 aliphatic carbocycles. The molecule has 0 saturated carbocycles. The third kappa shape index (κ3) is 6.21. The van der Waals surface area contributed by atoms with Crippen LogP contribution in [0.5, 0.6) is 0 Å². The van der Waals surface area contributed by atoms with Crippen LogP contribution in [-0.2, 0) is 12.2 Å². The van der Waals surface area contributed by atoms with Crippen molar-refractivity contribution in [1.82, 2.24) is 9.80 Å². The summed E-state index contributed by atoms with van der Waals surface area (Å²) in [6, 6.07) is 5.22. The first-order valence-corrected chi connectivity index (χ1v) is 8.46. The molecule has 2 N–H and O–H groups in total. The lowest BCUT2D eigenvalue weighted by atomic mass is 9.82. The van der Waals surface area contributed by atoms with E-state index in [1.54, 1.807) is 12.1 Å². The van der Waals surface area contributed by atoms with Crippen LogP contribution in [-0.4, -0.2) is 61.3 Å². The van der Waals surface area contributed by atoms with Gasteiger partial charge in [0.2, 0.25) is 0 Å². The molecule has 0 aromatic heterocycles. The minimum Gasteiger partial charge on any atom is -0.392 e. The fourth-order valence-corrected chi connectivity index (χ4v) is 3.00. The number of benzene rings is 1. The highest BCUT2D eigenvalue weighted by Crippen LogP contribution is 2.35. The van der Waals surface area contributed by atoms with Crippen LogP contribution in [0.3, 0.4) is 0 Å². The first-order chi connectivity index (χ1) is 11.3. The molecule has 0 atom stereocenters. The summed E-state index contributed by atoms with van der Waals surface area (Å²) >= 11 is 0. The van der Waals surface area contributed by atoms with Gasteiger partial charge in [-0.2, -0.15) is 0 Å². The maximum atomic E-state index is 11.4. The standard InChI is InChI=1S/C19H31N3O2/c1-20-17-8-9-18(16(14-17)15-23)19(24,10-6-12-21(2)3)11-7-13-22(4)5/h8-9,14,23-24H,6-7,10-13,15H2,2-5H3. The molecular formula is C19H31N3O2. The number of hydrogen-bond donors (Lipinski definition) is 2. The van der Waals surface area contributed by atoms with E-state index >= 15 is 0 Å². The van der Waals surface area contributed by atoms with E-state index in [0.717, 1.165) is 31.5 Å². The Balaban J connectivity index is 3.04. The minimum atomic E-state index is -0.968. The maximum absolute atomic E-state index is 11.4. The van der Waals surface area contributed by atoms with Crippen molar-refractivity contribution in [2.24, 2.45) is 0 Å². The molecule has 1 aromatic carbocycles. The third-order valence-corrected chi connectivity index (χ3v) is 4.28. The van der Waals surface area contributed by atoms with Crippen molar-refractivity contribution in [1.29, 1.82) is 0 Å². The van der Waals surface area contributed by atoms with E-state index < -0.39 is 5.60 Å². The molecule has 24 heavy (non-hydrogen) atoms. The molecule has 0 fully saturated rings. The van der Waals surface area contributed by atoms with Crippen molar-refractivity contribution in [3.05, 3.63) is 40.7 Å². The Bertz CT molecular complexity index is 536. The van der Waals surface area contributed by atoms with Crippen LogP contribution in [0.25, 0.3) is 4.85 Å². The van der Waals surface area contributed by atoms with E-state index in [1.807, 2.05) is 34.3 Å². The van der Waals surface area contributed by atoms with E-state index in [4.69, 9.17) is 6.57 Å². The average molecular weight is 333 g/mol. The van der Waals surface area contributed by atoms with Gasteiger partial charge in [-0.3, -0.25) is 0 Å². The molecule has 0 amide bonds. The van der Waals surface area contributed by atoms with Crippen LogP contribution in [0.15, 0.2) is 18.2 Å². The molecule has 0 aliphatic heterocycles. The molecule has 0 aliphatic rings. The van der Waals surface area contributed by atoms with Crippen LogP contribution in [0.4, 0.5) is 5.69 Å². The first-order valence-electron chi connectivity index (χ1n) is 8.46. The Labute approximate surface area is 146 Å². The van der Waals surface area contributed by atoms with Gasteiger partial charge in [0, 0.05) is 0 Å². The van der Waals surface area contributed by atoms with Gasteiger partial charge in [0.15, 0.2) is 5.69 Å². The van der Waals surface area contributed by atoms with Gasteiger partial charge in [-0.05, 0) is 78.1 Å². The summed E-state index contributed by atoms with van der Waals surface area (Å²) in [4.78, 5) is 7.63. The number of hydrogen-bond acceptors (Lipinski definition) is 4. The molecule has 0 unspecified atom stereocenters. The minimum absolute atomic E-state index is 0.164. The van der Waals surface area contributed by atoms with Crippen molar-refractivity contribution in [2.45, 2.75) is 37.9 Å². The number of nitrogens with zero attached hydrogens (tertiary/aromatic N) is 3. The topological polar surface area (TPSA) is 51.3 Å². The third-order valence-electron chi connectivity index (χ3n) is 4.28. The molecule has 134 valence electrons. The summed E-state index contributed by atoms with van der Waals surface area (Å²) in [5.74, 6) is 0. The molecule has 5 nitrogen and oxygen atoms in total. The average Bonchev–Trinajstić information content (AvgIpc) is 2.53. The van der Waals surface area contributed by atoms with Gasteiger partial charge in [-0.15, -0.1) is 0 Å². The van der Waals surface area contributed by atoms with Crippen molar-refractivity contribution < 1.29 is 10.2 Å². The number of aliphatic hydroxyl groups is 2. The van der Waals surface area contributed by atoms with Crippen molar-refractivity contribution >= 4 is 5.69 Å². The second-order valence-corrected chi connectivity index (χ2v) is 6.96. The van der Waals surface area contributed by atoms with E-state index in [2.05, 4.69) is 14.6 Å². The van der Waals surface area contributed by atoms with E-state index in [1.165, 1.54) is 0 Å². The van der Waals surface area contributed by atoms with Crippen LogP contribution < -0.4 is 0 Å². The number of rotatable bonds is 10. The van der Waals surface area contributed by atoms with Crippen LogP contribution in [0, 0.1) is 6.57 Å². The van der Waals surface area contributed by atoms with Crippen molar-refractivity contribution in [3.8, 4) is 0 Å². The highest BCUT2D eigenvalue weighted by molar-refractivity contribution is 5.50. The molecule has 1 aromatic rings. The van der Waals surface area contributed by atoms with Crippen LogP contribution in [0.1, 0.15) is 36.8 Å². The lowest BCUT2D eigenvalue weighted by Gasteiger charge is -2.32. The fraction of sp³-hybridized carbons (Fsp3) is 0.632. The fourth-order valence-electron chi connectivity index (χ4n) is 3.00. The summed E-state index contributed by atoms with van der Waals surface area (Å²) in [5.41, 5.74) is 0.937. The summed E-state index contributed by atoms with van der Waals surface area (Å²) < 4.78 is 0. The molecule has 0 saturated heterocycles. The van der Waals surface area contributed by atoms with E-state index in [-0.39, 0.29) is 6.61 Å². The number of aliphatic hydroxyl groups excluding tert-OH is 1. The van der Waals surface area contributed by atoms with Gasteiger partial charge < -0.3 is 20.0 Å². The van der Waals surface area contributed by atoms with E-state index in [0.29, 0.717) is 24.1 Å². The highest BCUT2D eigenvalue weighted by atomic mass is 16.3. The Kier molecular flexibility index (Phi) is 8.37. The predicted octanol–water partition coefficient (Wildman–Crippen LogP) is 2.60. The summed E-state index contributed by atoms with van der Waals surface area (Å²) in [6.07, 6.45) is 3.04. The zero-order chi connectivity index (χ0) is 18.2. The van der Waals surface area contributed by atoms with Gasteiger partial charge in [0.1, 0.15) is 0 Å². The second kappa shape index (κ2) is 9.75. The molecule has 0 heterocycles. The Morgan fingerprint density at radius 1 is 1.04 bits per heavy atom. The van der Waals surface area contributed by atoms with Crippen molar-refractivity contribution in [2.75, 3.05) is 41.3 Å². The summed E-state index contributed by atoms with van der Waals surface area (Å²) in [5, 5.41) is 21.1. The lowest BCUT2D eigenvalue weighted by Crippen LogP contribution is -2.30. The van der Waals surface area contributed by atoms with Gasteiger partial charge in [-0.1, -0.05) is 18.2 Å². The summed E-state index contributed by atoms with van der Waals surface area (Å²) in [7, 11) is 8.09. The first kappa shape index (κ1) is 20.6. The molecule has 5 heteroatoms. The largest absolute Gasteiger partial charge is 0.392 e. The highest BCUT2D eigenvalue weighted by Gasteiger charge is 2.30. The lowest BCUT2D eigenvalue weighted by molar-refractivity contribution is 0.00976. The Hall–Kier alpha value is -1.45. The SMILES string of the molecule is [C-]#[N+]c1ccc(C(O)(CCCN(C)C)CCCN(C)C)c(CO)c1. The predicted molar refractivity (Wildman–Crippen MR) is 98.1 cm³/mol. The second-order valence-electron chi connectivity index (χ2n) is 6.96. The van der Waals surface area contributed by atoms with Gasteiger partial charge in [-0.25, -0.2) is 4.85 Å².